The smallest absolute Gasteiger partial charge is 0.314 e. The van der Waals surface area contributed by atoms with E-state index in [1.54, 1.807) is 0 Å². The summed E-state index contributed by atoms with van der Waals surface area (Å²) in [5.74, 6) is -0.599. The molecule has 0 radical (unpaired) electrons. The van der Waals surface area contributed by atoms with Gasteiger partial charge in [-0.25, -0.2) is 0 Å². The number of H-pyrrole nitrogens is 1. The predicted octanol–water partition coefficient (Wildman–Crippen LogP) is 3.76. The number of phenols is 1. The van der Waals surface area contributed by atoms with Crippen molar-refractivity contribution in [3.05, 3.63) is 50.5 Å². The molecule has 1 saturated carbocycles. The van der Waals surface area contributed by atoms with Gasteiger partial charge < -0.3 is 20.3 Å². The molecule has 0 bridgehead atoms. The maximum absolute atomic E-state index is 11.5. The van der Waals surface area contributed by atoms with Crippen molar-refractivity contribution >= 4 is 5.69 Å². The zero-order valence-corrected chi connectivity index (χ0v) is 17.8. The molecule has 1 aromatic carbocycles. The second-order valence-corrected chi connectivity index (χ2v) is 8.24. The molecule has 10 heteroatoms. The zero-order chi connectivity index (χ0) is 22.8. The monoisotopic (exact) mass is 439 g/mol. The Hall–Kier alpha value is -3.74. The van der Waals surface area contributed by atoms with Gasteiger partial charge in [-0.1, -0.05) is 32.1 Å². The Morgan fingerprint density at radius 1 is 1.41 bits per heavy atom. The van der Waals surface area contributed by atoms with Crippen LogP contribution in [0, 0.1) is 27.4 Å². The van der Waals surface area contributed by atoms with E-state index in [-0.39, 0.29) is 23.1 Å². The van der Waals surface area contributed by atoms with E-state index in [2.05, 4.69) is 16.3 Å². The first kappa shape index (κ1) is 21.5. The minimum absolute atomic E-state index is 0.0645. The van der Waals surface area contributed by atoms with E-state index in [1.807, 2.05) is 0 Å². The summed E-state index contributed by atoms with van der Waals surface area (Å²) >= 11 is 0. The normalized spacial score (nSPS) is 18.6. The minimum Gasteiger partial charge on any atom is -0.500 e. The van der Waals surface area contributed by atoms with Gasteiger partial charge in [-0.15, -0.1) is 5.10 Å². The van der Waals surface area contributed by atoms with Crippen LogP contribution in [0.3, 0.4) is 0 Å². The van der Waals surface area contributed by atoms with Crippen LogP contribution in [0.15, 0.2) is 23.6 Å². The summed E-state index contributed by atoms with van der Waals surface area (Å²) in [4.78, 5) is 10.8. The number of phenolic OH excluding ortho intramolecular Hbond substituents is 1. The van der Waals surface area contributed by atoms with Crippen molar-refractivity contribution in [2.75, 3.05) is 7.11 Å². The lowest BCUT2D eigenvalue weighted by molar-refractivity contribution is -0.386. The van der Waals surface area contributed by atoms with Crippen LogP contribution in [0.25, 0.3) is 0 Å². The van der Waals surface area contributed by atoms with Crippen LogP contribution in [0.1, 0.15) is 61.3 Å². The number of nitriles is 1. The van der Waals surface area contributed by atoms with Crippen LogP contribution in [-0.4, -0.2) is 27.3 Å². The molecule has 1 atom stereocenters. The maximum atomic E-state index is 11.5. The number of nitrogens with zero attached hydrogens (tertiary/aromatic N) is 3. The fourth-order valence-electron chi connectivity index (χ4n) is 4.73. The Morgan fingerprint density at radius 3 is 2.81 bits per heavy atom. The summed E-state index contributed by atoms with van der Waals surface area (Å²) in [6, 6.07) is 4.79. The highest BCUT2D eigenvalue weighted by Crippen LogP contribution is 2.47. The minimum atomic E-state index is -0.739. The quantitative estimate of drug-likeness (QED) is 0.453. The molecule has 1 fully saturated rings. The molecule has 2 aromatic rings. The Bertz CT molecular complexity index is 1110. The SMILES string of the molecule is COc1cc(C2C(C#N)=C(N)Oc3n[nH]c(CCC4CCCCC4)c32)cc([N+](=O)[O-])c1O. The van der Waals surface area contributed by atoms with E-state index in [0.717, 1.165) is 12.1 Å². The lowest BCUT2D eigenvalue weighted by Gasteiger charge is -2.25. The Kier molecular flexibility index (Phi) is 5.90. The van der Waals surface area contributed by atoms with Crippen molar-refractivity contribution in [2.45, 2.75) is 50.9 Å². The third-order valence-corrected chi connectivity index (χ3v) is 6.37. The number of aromatic nitrogens is 2. The number of aryl methyl sites for hydroxylation is 1. The van der Waals surface area contributed by atoms with E-state index in [0.29, 0.717) is 23.5 Å². The molecule has 1 aromatic heterocycles. The van der Waals surface area contributed by atoms with Gasteiger partial charge in [0.2, 0.25) is 17.5 Å². The number of allylic oxidation sites excluding steroid dienone is 1. The largest absolute Gasteiger partial charge is 0.500 e. The number of nitro groups is 1. The summed E-state index contributed by atoms with van der Waals surface area (Å²) in [6.07, 6.45) is 7.85. The number of hydrogen-bond acceptors (Lipinski definition) is 8. The molecule has 4 N–H and O–H groups in total. The highest BCUT2D eigenvalue weighted by molar-refractivity contribution is 5.63. The molecule has 2 heterocycles. The van der Waals surface area contributed by atoms with E-state index in [1.165, 1.54) is 51.3 Å². The van der Waals surface area contributed by atoms with E-state index in [9.17, 15) is 20.5 Å². The first-order chi connectivity index (χ1) is 15.4. The van der Waals surface area contributed by atoms with Crippen LogP contribution < -0.4 is 15.2 Å². The van der Waals surface area contributed by atoms with Gasteiger partial charge in [0.15, 0.2) is 5.75 Å². The first-order valence-corrected chi connectivity index (χ1v) is 10.6. The van der Waals surface area contributed by atoms with Crippen LogP contribution in [0.2, 0.25) is 0 Å². The van der Waals surface area contributed by atoms with Gasteiger partial charge in [0.05, 0.1) is 18.0 Å². The predicted molar refractivity (Wildman–Crippen MR) is 114 cm³/mol. The number of fused-ring (bicyclic) bond motifs is 1. The fraction of sp³-hybridized carbons (Fsp3) is 0.455. The number of aromatic hydroxyl groups is 1. The van der Waals surface area contributed by atoms with Crippen molar-refractivity contribution in [3.63, 3.8) is 0 Å². The number of benzene rings is 1. The third-order valence-electron chi connectivity index (χ3n) is 6.37. The lowest BCUT2D eigenvalue weighted by Crippen LogP contribution is -2.21. The molecule has 0 spiro atoms. The number of methoxy groups -OCH3 is 1. The molecule has 168 valence electrons. The van der Waals surface area contributed by atoms with Gasteiger partial charge in [-0.3, -0.25) is 15.2 Å². The number of nitrogens with one attached hydrogen (secondary N) is 1. The molecular weight excluding hydrogens is 414 g/mol. The molecular formula is C22H25N5O5. The standard InChI is InChI=1S/C22H25N5O5/c1-31-17-10-13(9-16(20(17)28)27(29)30)18-14(11-23)21(24)32-22-19(18)15(25-26-22)8-7-12-5-3-2-4-6-12/h9-10,12,18,28H,2-8,24H2,1H3,(H,25,26). The van der Waals surface area contributed by atoms with Gasteiger partial charge in [0.1, 0.15) is 11.6 Å². The average molecular weight is 439 g/mol. The van der Waals surface area contributed by atoms with E-state index in [4.69, 9.17) is 15.2 Å². The highest BCUT2D eigenvalue weighted by atomic mass is 16.6. The van der Waals surface area contributed by atoms with Gasteiger partial charge in [0.25, 0.3) is 0 Å². The second-order valence-electron chi connectivity index (χ2n) is 8.24. The number of nitro benzene ring substituents is 1. The molecule has 4 rings (SSSR count). The summed E-state index contributed by atoms with van der Waals surface area (Å²) < 4.78 is 10.7. The lowest BCUT2D eigenvalue weighted by atomic mass is 9.81. The van der Waals surface area contributed by atoms with Crippen molar-refractivity contribution < 1.29 is 19.5 Å². The van der Waals surface area contributed by atoms with Gasteiger partial charge >= 0.3 is 5.69 Å². The van der Waals surface area contributed by atoms with E-state index >= 15 is 0 Å². The topological polar surface area (TPSA) is 160 Å². The number of nitrogens with two attached hydrogens (primary N) is 1. The molecule has 1 unspecified atom stereocenters. The summed E-state index contributed by atoms with van der Waals surface area (Å²) in [7, 11) is 1.31. The fourth-order valence-corrected chi connectivity index (χ4v) is 4.73. The van der Waals surface area contributed by atoms with Crippen molar-refractivity contribution in [3.8, 4) is 23.4 Å². The van der Waals surface area contributed by atoms with Gasteiger partial charge in [-0.05, 0) is 30.4 Å². The summed E-state index contributed by atoms with van der Waals surface area (Å²) in [5.41, 5.74) is 7.43. The molecule has 2 aliphatic rings. The van der Waals surface area contributed by atoms with Crippen LogP contribution in [0.5, 0.6) is 17.4 Å². The van der Waals surface area contributed by atoms with Crippen LogP contribution >= 0.6 is 0 Å². The number of rotatable bonds is 6. The zero-order valence-electron chi connectivity index (χ0n) is 17.8. The molecule has 1 aliphatic carbocycles. The first-order valence-electron chi connectivity index (χ1n) is 10.6. The number of hydrogen-bond donors (Lipinski definition) is 3. The second kappa shape index (κ2) is 8.78. The molecule has 0 saturated heterocycles. The average Bonchev–Trinajstić information content (AvgIpc) is 3.19. The van der Waals surface area contributed by atoms with Crippen molar-refractivity contribution in [1.29, 1.82) is 5.26 Å². The number of aromatic amines is 1. The summed E-state index contributed by atoms with van der Waals surface area (Å²) in [5, 5.41) is 38.8. The molecule has 0 amide bonds. The van der Waals surface area contributed by atoms with Crippen LogP contribution in [-0.2, 0) is 6.42 Å². The van der Waals surface area contributed by atoms with Crippen molar-refractivity contribution in [1.82, 2.24) is 10.2 Å². The highest BCUT2D eigenvalue weighted by Gasteiger charge is 2.37. The Balaban J connectivity index is 1.79. The molecule has 1 aliphatic heterocycles. The molecule has 10 nitrogen and oxygen atoms in total. The third kappa shape index (κ3) is 3.82. The Morgan fingerprint density at radius 2 is 2.16 bits per heavy atom. The molecule has 32 heavy (non-hydrogen) atoms. The maximum Gasteiger partial charge on any atom is 0.314 e. The Labute approximate surface area is 184 Å². The number of ether oxygens (including phenoxy) is 2. The van der Waals surface area contributed by atoms with Crippen molar-refractivity contribution in [2.24, 2.45) is 11.7 Å². The van der Waals surface area contributed by atoms with Gasteiger partial charge in [0, 0.05) is 17.3 Å². The van der Waals surface area contributed by atoms with E-state index < -0.39 is 22.3 Å². The van der Waals surface area contributed by atoms with Gasteiger partial charge in [-0.2, -0.15) is 5.26 Å². The summed E-state index contributed by atoms with van der Waals surface area (Å²) in [6.45, 7) is 0. The van der Waals surface area contributed by atoms with Crippen LogP contribution in [0.4, 0.5) is 5.69 Å².